The average Bonchev–Trinajstić information content (AvgIpc) is 2.56. The smallest absolute Gasteiger partial charge is 0.250 e. The molecule has 1 aliphatic carbocycles. The number of carbonyl (C=O) groups excluding carboxylic acids is 1. The van der Waals surface area contributed by atoms with Gasteiger partial charge in [0.05, 0.1) is 11.3 Å². The molecule has 0 spiro atoms. The molecule has 1 aromatic heterocycles. The van der Waals surface area contributed by atoms with Crippen molar-refractivity contribution in [3.05, 3.63) is 53.7 Å². The summed E-state index contributed by atoms with van der Waals surface area (Å²) in [7, 11) is 0. The van der Waals surface area contributed by atoms with Gasteiger partial charge in [-0.2, -0.15) is 0 Å². The van der Waals surface area contributed by atoms with Crippen LogP contribution in [0.4, 0.5) is 0 Å². The molecule has 3 nitrogen and oxygen atoms in total. The fraction of sp³-hybridized carbons (Fsp3) is 0.333. The lowest BCUT2D eigenvalue weighted by atomic mass is 9.84. The molecule has 1 heterocycles. The van der Waals surface area contributed by atoms with E-state index in [1.807, 2.05) is 6.07 Å². The van der Waals surface area contributed by atoms with Gasteiger partial charge in [0.2, 0.25) is 5.91 Å². The summed E-state index contributed by atoms with van der Waals surface area (Å²) in [5, 5.41) is 0. The Morgan fingerprint density at radius 1 is 1.00 bits per heavy atom. The summed E-state index contributed by atoms with van der Waals surface area (Å²) in [6.45, 7) is 0. The Hall–Kier alpha value is -2.16. The van der Waals surface area contributed by atoms with Crippen molar-refractivity contribution in [2.75, 3.05) is 0 Å². The first kappa shape index (κ1) is 13.8. The SMILES string of the molecule is NC(=O)c1ccc(-c2ccc(C3CCCCC3)cc2)nc1. The Bertz CT molecular complexity index is 611. The predicted octanol–water partition coefficient (Wildman–Crippen LogP) is 3.90. The fourth-order valence-corrected chi connectivity index (χ4v) is 3.07. The number of aromatic nitrogens is 1. The average molecular weight is 280 g/mol. The molecule has 0 atom stereocenters. The van der Waals surface area contributed by atoms with Gasteiger partial charge in [0.25, 0.3) is 0 Å². The standard InChI is InChI=1S/C18H20N2O/c19-18(21)16-10-11-17(20-12-16)15-8-6-14(7-9-15)13-4-2-1-3-5-13/h6-13H,1-5H2,(H2,19,21). The van der Waals surface area contributed by atoms with Gasteiger partial charge < -0.3 is 5.73 Å². The summed E-state index contributed by atoms with van der Waals surface area (Å²) < 4.78 is 0. The summed E-state index contributed by atoms with van der Waals surface area (Å²) in [6.07, 6.45) is 8.23. The van der Waals surface area contributed by atoms with Crippen LogP contribution in [0.5, 0.6) is 0 Å². The Kier molecular flexibility index (Phi) is 4.00. The van der Waals surface area contributed by atoms with Gasteiger partial charge in [0.1, 0.15) is 0 Å². The maximum absolute atomic E-state index is 11.1. The van der Waals surface area contributed by atoms with Crippen LogP contribution in [0.25, 0.3) is 11.3 Å². The van der Waals surface area contributed by atoms with E-state index in [1.165, 1.54) is 43.9 Å². The molecule has 21 heavy (non-hydrogen) atoms. The van der Waals surface area contributed by atoms with E-state index in [2.05, 4.69) is 29.2 Å². The second kappa shape index (κ2) is 6.08. The summed E-state index contributed by atoms with van der Waals surface area (Å²) in [6, 6.07) is 12.2. The van der Waals surface area contributed by atoms with E-state index in [0.717, 1.165) is 17.2 Å². The van der Waals surface area contributed by atoms with E-state index in [9.17, 15) is 4.79 Å². The lowest BCUT2D eigenvalue weighted by molar-refractivity contribution is 0.1000. The molecule has 3 heteroatoms. The van der Waals surface area contributed by atoms with Crippen LogP contribution < -0.4 is 5.73 Å². The van der Waals surface area contributed by atoms with Crippen molar-refractivity contribution in [3.8, 4) is 11.3 Å². The summed E-state index contributed by atoms with van der Waals surface area (Å²) >= 11 is 0. The molecule has 108 valence electrons. The zero-order valence-electron chi connectivity index (χ0n) is 12.1. The molecule has 1 aliphatic rings. The number of amides is 1. The van der Waals surface area contributed by atoms with Gasteiger partial charge in [-0.3, -0.25) is 9.78 Å². The molecule has 3 rings (SSSR count). The number of carbonyl (C=O) groups is 1. The highest BCUT2D eigenvalue weighted by Gasteiger charge is 2.15. The van der Waals surface area contributed by atoms with E-state index < -0.39 is 5.91 Å². The number of hydrogen-bond donors (Lipinski definition) is 1. The Morgan fingerprint density at radius 2 is 1.71 bits per heavy atom. The molecule has 2 aromatic rings. The van der Waals surface area contributed by atoms with Crippen LogP contribution in [-0.4, -0.2) is 10.9 Å². The Morgan fingerprint density at radius 3 is 2.29 bits per heavy atom. The van der Waals surface area contributed by atoms with E-state index >= 15 is 0 Å². The molecule has 1 saturated carbocycles. The number of nitrogens with two attached hydrogens (primary N) is 1. The highest BCUT2D eigenvalue weighted by atomic mass is 16.1. The van der Waals surface area contributed by atoms with Crippen molar-refractivity contribution in [1.29, 1.82) is 0 Å². The Labute approximate surface area is 125 Å². The summed E-state index contributed by atoms with van der Waals surface area (Å²) in [5.74, 6) is 0.277. The summed E-state index contributed by atoms with van der Waals surface area (Å²) in [4.78, 5) is 15.4. The fourth-order valence-electron chi connectivity index (χ4n) is 3.07. The van der Waals surface area contributed by atoms with Crippen LogP contribution in [0.2, 0.25) is 0 Å². The molecule has 1 aromatic carbocycles. The van der Waals surface area contributed by atoms with Gasteiger partial charge in [-0.25, -0.2) is 0 Å². The van der Waals surface area contributed by atoms with E-state index in [-0.39, 0.29) is 0 Å². The zero-order valence-corrected chi connectivity index (χ0v) is 12.1. The maximum atomic E-state index is 11.1. The molecular formula is C18H20N2O. The van der Waals surface area contributed by atoms with Crippen molar-refractivity contribution in [2.45, 2.75) is 38.0 Å². The minimum absolute atomic E-state index is 0.442. The van der Waals surface area contributed by atoms with E-state index in [0.29, 0.717) is 5.56 Å². The van der Waals surface area contributed by atoms with Crippen LogP contribution >= 0.6 is 0 Å². The molecule has 0 bridgehead atoms. The number of rotatable bonds is 3. The van der Waals surface area contributed by atoms with Crippen molar-refractivity contribution in [3.63, 3.8) is 0 Å². The Balaban J connectivity index is 1.78. The first-order chi connectivity index (χ1) is 10.2. The molecule has 1 amide bonds. The second-order valence-corrected chi connectivity index (χ2v) is 5.75. The second-order valence-electron chi connectivity index (χ2n) is 5.75. The van der Waals surface area contributed by atoms with Crippen LogP contribution in [0, 0.1) is 0 Å². The highest BCUT2D eigenvalue weighted by Crippen LogP contribution is 2.33. The van der Waals surface area contributed by atoms with Crippen molar-refractivity contribution < 1.29 is 4.79 Å². The number of primary amides is 1. The lowest BCUT2D eigenvalue weighted by Gasteiger charge is -2.22. The van der Waals surface area contributed by atoms with Crippen molar-refractivity contribution in [1.82, 2.24) is 4.98 Å². The van der Waals surface area contributed by atoms with Crippen molar-refractivity contribution >= 4 is 5.91 Å². The van der Waals surface area contributed by atoms with Gasteiger partial charge in [-0.15, -0.1) is 0 Å². The van der Waals surface area contributed by atoms with Gasteiger partial charge in [-0.1, -0.05) is 43.5 Å². The van der Waals surface area contributed by atoms with Gasteiger partial charge in [-0.05, 0) is 36.5 Å². The molecule has 1 fully saturated rings. The first-order valence-corrected chi connectivity index (χ1v) is 7.60. The highest BCUT2D eigenvalue weighted by molar-refractivity contribution is 5.92. The van der Waals surface area contributed by atoms with Crippen LogP contribution in [-0.2, 0) is 0 Å². The number of nitrogens with zero attached hydrogens (tertiary/aromatic N) is 1. The predicted molar refractivity (Wildman–Crippen MR) is 84.0 cm³/mol. The zero-order chi connectivity index (χ0) is 14.7. The van der Waals surface area contributed by atoms with E-state index in [1.54, 1.807) is 6.07 Å². The molecule has 0 saturated heterocycles. The maximum Gasteiger partial charge on any atom is 0.250 e. The summed E-state index contributed by atoms with van der Waals surface area (Å²) in [5.41, 5.74) is 9.05. The van der Waals surface area contributed by atoms with E-state index in [4.69, 9.17) is 5.73 Å². The molecular weight excluding hydrogens is 260 g/mol. The third kappa shape index (κ3) is 3.13. The largest absolute Gasteiger partial charge is 0.366 e. The van der Waals surface area contributed by atoms with Gasteiger partial charge in [0, 0.05) is 11.8 Å². The number of benzene rings is 1. The minimum Gasteiger partial charge on any atom is -0.366 e. The first-order valence-electron chi connectivity index (χ1n) is 7.60. The minimum atomic E-state index is -0.443. The van der Waals surface area contributed by atoms with Crippen molar-refractivity contribution in [2.24, 2.45) is 5.73 Å². The molecule has 0 radical (unpaired) electrons. The number of hydrogen-bond acceptors (Lipinski definition) is 2. The normalized spacial score (nSPS) is 15.8. The van der Waals surface area contributed by atoms with Crippen LogP contribution in [0.15, 0.2) is 42.6 Å². The topological polar surface area (TPSA) is 56.0 Å². The number of pyridine rings is 1. The van der Waals surface area contributed by atoms with Gasteiger partial charge >= 0.3 is 0 Å². The molecule has 0 aliphatic heterocycles. The van der Waals surface area contributed by atoms with Crippen LogP contribution in [0.3, 0.4) is 0 Å². The molecule has 2 N–H and O–H groups in total. The third-order valence-electron chi connectivity index (χ3n) is 4.33. The quantitative estimate of drug-likeness (QED) is 0.927. The third-order valence-corrected chi connectivity index (χ3v) is 4.33. The van der Waals surface area contributed by atoms with Gasteiger partial charge in [0.15, 0.2) is 0 Å². The monoisotopic (exact) mass is 280 g/mol. The molecule has 0 unspecified atom stereocenters. The lowest BCUT2D eigenvalue weighted by Crippen LogP contribution is -2.10. The van der Waals surface area contributed by atoms with Crippen LogP contribution in [0.1, 0.15) is 53.9 Å².